The number of primary amides is 1. The zero-order valence-corrected chi connectivity index (χ0v) is 61.4. The predicted octanol–water partition coefficient (Wildman–Crippen LogP) is 9.02. The van der Waals surface area contributed by atoms with Crippen molar-refractivity contribution in [1.29, 1.82) is 0 Å². The number of nitrogens with zero attached hydrogens (tertiary/aromatic N) is 1. The molecule has 11 aliphatic rings. The summed E-state index contributed by atoms with van der Waals surface area (Å²) in [5, 5.41) is 26.5. The van der Waals surface area contributed by atoms with Gasteiger partial charge in [-0.1, -0.05) is 87.7 Å². The molecule has 1 spiro atoms. The van der Waals surface area contributed by atoms with E-state index in [0.717, 1.165) is 78.3 Å². The molecular weight excluding hydrogens is 1390 g/mol. The van der Waals surface area contributed by atoms with E-state index in [1.54, 1.807) is 26.2 Å². The van der Waals surface area contributed by atoms with E-state index in [2.05, 4.69) is 30.7 Å². The fourth-order valence-corrected chi connectivity index (χ4v) is 17.5. The van der Waals surface area contributed by atoms with Gasteiger partial charge < -0.3 is 84.0 Å². The van der Waals surface area contributed by atoms with Gasteiger partial charge in [0.15, 0.2) is 11.6 Å². The Balaban J connectivity index is 0.000000191. The summed E-state index contributed by atoms with van der Waals surface area (Å²) in [6.45, 7) is 14.2. The molecule has 4 aromatic carbocycles. The normalized spacial score (nSPS) is 32.1. The van der Waals surface area contributed by atoms with Gasteiger partial charge in [-0.15, -0.1) is 0 Å². The van der Waals surface area contributed by atoms with Crippen molar-refractivity contribution in [2.75, 3.05) is 25.6 Å². The number of aliphatic hydroxyl groups is 1. The van der Waals surface area contributed by atoms with Gasteiger partial charge in [0.1, 0.15) is 55.3 Å². The van der Waals surface area contributed by atoms with Crippen LogP contribution in [0.4, 0.5) is 16.2 Å². The quantitative estimate of drug-likeness (QED) is 0.0171. The first-order valence-electron chi connectivity index (χ1n) is 37.9. The third-order valence-electron chi connectivity index (χ3n) is 23.2. The second-order valence-electron chi connectivity index (χ2n) is 30.8. The van der Waals surface area contributed by atoms with Crippen LogP contribution in [0, 0.1) is 33.8 Å². The number of non-ortho nitro benzene ring substituents is 1. The van der Waals surface area contributed by atoms with Crippen LogP contribution in [0.15, 0.2) is 121 Å². The van der Waals surface area contributed by atoms with Gasteiger partial charge in [-0.2, -0.15) is 0 Å². The molecule has 0 radical (unpaired) electrons. The number of rotatable bonds is 21. The SMILES string of the molecule is C=C1C[C@@H]2CC[C@@]34CC5O[C@H]6[C@@H](O3)[C@H]3O[C@H](CC[C@@H]3O[C@H]6[C@H]5O4)CC(=O)CC3[C@H](C[C@H]4OC(CC[C@@H]1O2)C[C@@H](C)C4=C)O[C@H](C[C@H](O)CN)[C@@H]3OC.C[C@H](CC(=O)OCC1c2ccccc2-c2ccccc21)C(=O)N[C@@H](C)C(=O)C[C@@H](CC(N)=O)C(=O)Nc1ccc(COC(=O)Oc2ccc([N+](=O)[O-])cc2)cc1. The van der Waals surface area contributed by atoms with Gasteiger partial charge >= 0.3 is 12.1 Å². The van der Waals surface area contributed by atoms with Crippen molar-refractivity contribution in [1.82, 2.24) is 5.32 Å². The zero-order valence-electron chi connectivity index (χ0n) is 61.4. The minimum Gasteiger partial charge on any atom is -0.465 e. The number of esters is 1. The lowest BCUT2D eigenvalue weighted by Gasteiger charge is -2.47. The van der Waals surface area contributed by atoms with Crippen molar-refractivity contribution in [3.8, 4) is 16.9 Å². The van der Waals surface area contributed by atoms with Crippen molar-refractivity contribution in [3.63, 3.8) is 0 Å². The summed E-state index contributed by atoms with van der Waals surface area (Å²) in [4.78, 5) is 100. The summed E-state index contributed by atoms with van der Waals surface area (Å²) in [5.41, 5.74) is 18.4. The molecule has 4 aromatic rings. The molecule has 580 valence electrons. The maximum absolute atomic E-state index is 14.1. The van der Waals surface area contributed by atoms with Crippen molar-refractivity contribution in [3.05, 3.63) is 148 Å². The number of carbonyl (C=O) groups is 7. The first-order chi connectivity index (χ1) is 51.9. The number of anilines is 1. The van der Waals surface area contributed by atoms with Crippen LogP contribution >= 0.6 is 0 Å². The molecule has 12 bridgehead atoms. The first-order valence-corrected chi connectivity index (χ1v) is 37.9. The summed E-state index contributed by atoms with van der Waals surface area (Å²) in [7, 11) is 1.66. The number of nitrogens with two attached hydrogens (primary N) is 2. The molecule has 15 rings (SSSR count). The Bertz CT molecular complexity index is 3940. The van der Waals surface area contributed by atoms with Gasteiger partial charge in [-0.25, -0.2) is 4.79 Å². The number of ketones is 2. The lowest BCUT2D eigenvalue weighted by molar-refractivity contribution is -0.384. The second kappa shape index (κ2) is 34.0. The fourth-order valence-electron chi connectivity index (χ4n) is 17.5. The Hall–Kier alpha value is -8.19. The molecule has 27 nitrogen and oxygen atoms in total. The second-order valence-corrected chi connectivity index (χ2v) is 30.8. The smallest absolute Gasteiger partial charge is 0.465 e. The predicted molar refractivity (Wildman–Crippen MR) is 388 cm³/mol. The van der Waals surface area contributed by atoms with E-state index in [4.69, 9.17) is 68.3 Å². The van der Waals surface area contributed by atoms with Crippen LogP contribution in [-0.2, 0) is 87.5 Å². The minimum atomic E-state index is -1.14. The third-order valence-corrected chi connectivity index (χ3v) is 23.2. The molecule has 10 aliphatic heterocycles. The summed E-state index contributed by atoms with van der Waals surface area (Å²) in [6, 6.07) is 25.9. The van der Waals surface area contributed by atoms with Gasteiger partial charge in [0.05, 0.1) is 90.4 Å². The molecule has 0 saturated carbocycles. The maximum atomic E-state index is 14.1. The molecule has 3 unspecified atom stereocenters. The van der Waals surface area contributed by atoms with E-state index in [9.17, 15) is 48.8 Å². The average molecular weight is 1490 g/mol. The number of hydrogen-bond donors (Lipinski definition) is 5. The highest BCUT2D eigenvalue weighted by Crippen LogP contribution is 2.55. The molecule has 0 aromatic heterocycles. The highest BCUT2D eigenvalue weighted by Gasteiger charge is 2.69. The average Bonchev–Trinajstić information content (AvgIpc) is 1.55. The van der Waals surface area contributed by atoms with Crippen molar-refractivity contribution in [2.24, 2.45) is 35.1 Å². The minimum absolute atomic E-state index is 0.0158. The van der Waals surface area contributed by atoms with Crippen LogP contribution in [0.2, 0.25) is 0 Å². The Kier molecular flexibility index (Phi) is 24.5. The molecule has 10 heterocycles. The number of aliphatic hydroxyl groups excluding tert-OH is 1. The Labute approximate surface area is 627 Å². The fraction of sp³-hybridized carbons (Fsp3) is 0.568. The summed E-state index contributed by atoms with van der Waals surface area (Å²) >= 11 is 0. The number of nitro benzene ring substituents is 1. The molecule has 10 fully saturated rings. The van der Waals surface area contributed by atoms with Crippen LogP contribution in [0.25, 0.3) is 11.1 Å². The number of benzene rings is 4. The van der Waals surface area contributed by atoms with E-state index < -0.39 is 89.3 Å². The molecule has 7 N–H and O–H groups in total. The highest BCUT2D eigenvalue weighted by molar-refractivity contribution is 5.99. The third kappa shape index (κ3) is 17.8. The highest BCUT2D eigenvalue weighted by atomic mass is 16.8. The number of fused-ring (bicyclic) bond motifs is 9. The van der Waals surface area contributed by atoms with E-state index in [1.165, 1.54) is 43.3 Å². The molecule has 27 heteroatoms. The standard InChI is InChI=1S/C41H40N4O11.C40H59NO11/c1-24(19-38(48)54-23-35-33-9-5-3-7-31(33)32-8-4-6-10-34(32)35)39(49)43-25(2)36(46)20-27(21-37(42)47)40(50)44-28-13-11-26(12-14-28)22-55-41(51)56-30-17-15-29(16-18-30)45(52)53;1-19-11-24-5-7-28-20(2)12-26(45-28)9-10-40-17-33-36(51-40)37-38(50-33)39(52-40)35-29(49-37)8-6-25(47-35)13-22(42)14-27-31(16-30(46-24)21(19)3)48-32(34(27)44-4)15-23(43)18-41/h3-18,24-25,27,35H,19-23H2,1-2H3,(H2,42,47)(H,43,49)(H,44,50);19,23-39,43H,2-3,5-18,41H2,1,4H3/t24-,25+,27+;19-,23+,24?,25-,26+,27?,28+,29+,30-,31+,32-,33?,34-,35+,36+,37+,38-,39+,40+/m11/s1. The molecule has 3 amide bonds. The summed E-state index contributed by atoms with van der Waals surface area (Å²) in [5.74, 6) is -5.76. The van der Waals surface area contributed by atoms with E-state index in [0.29, 0.717) is 36.9 Å². The molecule has 22 atom stereocenters. The van der Waals surface area contributed by atoms with Crippen molar-refractivity contribution >= 4 is 52.8 Å². The maximum Gasteiger partial charge on any atom is 0.514 e. The number of amides is 3. The first kappa shape index (κ1) is 77.9. The van der Waals surface area contributed by atoms with Gasteiger partial charge in [-0.05, 0) is 121 Å². The van der Waals surface area contributed by atoms with Crippen LogP contribution < -0.4 is 26.8 Å². The monoisotopic (exact) mass is 1490 g/mol. The van der Waals surface area contributed by atoms with E-state index in [1.807, 2.05) is 48.5 Å². The number of hydrogen-bond acceptors (Lipinski definition) is 23. The molecule has 108 heavy (non-hydrogen) atoms. The number of methoxy groups -OCH3 is 1. The number of Topliss-reactive ketones (excluding diaryl/α,β-unsaturated/α-hetero) is 2. The topological polar surface area (TPSA) is 370 Å². The molecule has 10 saturated heterocycles. The van der Waals surface area contributed by atoms with Crippen LogP contribution in [0.3, 0.4) is 0 Å². The van der Waals surface area contributed by atoms with E-state index in [-0.39, 0.29) is 159 Å². The van der Waals surface area contributed by atoms with Crippen LogP contribution in [0.1, 0.15) is 146 Å². The lowest BCUT2D eigenvalue weighted by Crippen LogP contribution is -2.61. The molecular formula is C81H99N5O22. The van der Waals surface area contributed by atoms with E-state index >= 15 is 0 Å². The van der Waals surface area contributed by atoms with Crippen molar-refractivity contribution < 1.29 is 100 Å². The summed E-state index contributed by atoms with van der Waals surface area (Å²) < 4.78 is 75.7. The van der Waals surface area contributed by atoms with Gasteiger partial charge in [0, 0.05) is 101 Å². The van der Waals surface area contributed by atoms with Gasteiger partial charge in [-0.3, -0.25) is 38.9 Å². The largest absolute Gasteiger partial charge is 0.514 e. The van der Waals surface area contributed by atoms with Gasteiger partial charge in [0.2, 0.25) is 17.7 Å². The number of ether oxygens (including phenoxy) is 12. The van der Waals surface area contributed by atoms with Gasteiger partial charge in [0.25, 0.3) is 5.69 Å². The van der Waals surface area contributed by atoms with Crippen molar-refractivity contribution in [2.45, 2.75) is 246 Å². The Morgan fingerprint density at radius 2 is 1.39 bits per heavy atom. The molecule has 1 aliphatic carbocycles. The van der Waals surface area contributed by atoms with Crippen LogP contribution in [-0.4, -0.2) is 181 Å². The summed E-state index contributed by atoms with van der Waals surface area (Å²) in [6.07, 6.45) is 2.77. The number of nitrogens with one attached hydrogen (secondary N) is 2. The Morgan fingerprint density at radius 3 is 2.09 bits per heavy atom. The van der Waals surface area contributed by atoms with Crippen LogP contribution in [0.5, 0.6) is 5.75 Å². The number of nitro groups is 1. The zero-order chi connectivity index (χ0) is 76.2. The lowest BCUT2D eigenvalue weighted by atomic mass is 9.81. The Morgan fingerprint density at radius 1 is 0.713 bits per heavy atom. The number of carbonyl (C=O) groups excluding carboxylic acids is 7.